The van der Waals surface area contributed by atoms with Crippen molar-refractivity contribution in [1.29, 1.82) is 0 Å². The Labute approximate surface area is 148 Å². The van der Waals surface area contributed by atoms with Crippen molar-refractivity contribution in [3.8, 4) is 5.75 Å². The molecule has 2 aromatic carbocycles. The van der Waals surface area contributed by atoms with Crippen molar-refractivity contribution >= 4 is 11.6 Å². The van der Waals surface area contributed by atoms with Crippen molar-refractivity contribution in [2.24, 2.45) is 0 Å². The average Bonchev–Trinajstić information content (AvgIpc) is 2.56. The van der Waals surface area contributed by atoms with Crippen molar-refractivity contribution < 1.29 is 4.74 Å². The second-order valence-corrected chi connectivity index (χ2v) is 7.28. The second-order valence-electron chi connectivity index (χ2n) is 6.84. The Morgan fingerprint density at radius 2 is 1.96 bits per heavy atom. The largest absolute Gasteiger partial charge is 0.487 e. The van der Waals surface area contributed by atoms with E-state index in [2.05, 4.69) is 53.5 Å². The normalized spacial score (nSPS) is 24.2. The molecule has 0 aliphatic carbocycles. The summed E-state index contributed by atoms with van der Waals surface area (Å²) in [6.45, 7) is 6.23. The summed E-state index contributed by atoms with van der Waals surface area (Å²) in [5.74, 6) is 1.47. The summed E-state index contributed by atoms with van der Waals surface area (Å²) in [7, 11) is 0. The standard InChI is InChI=1S/C20H23ClN2O/c1-14-19(13-23(14)12-15-5-3-2-4-6-15)18-8-7-16(21)9-20(18)24-17-10-22-11-17/h2-9,14,17,19,22H,10-13H2,1H3/t14-,19+/m1/s1. The number of hydrogen-bond acceptors (Lipinski definition) is 3. The number of halogens is 1. The molecule has 2 saturated heterocycles. The van der Waals surface area contributed by atoms with Crippen LogP contribution in [-0.2, 0) is 6.54 Å². The predicted molar refractivity (Wildman–Crippen MR) is 97.8 cm³/mol. The summed E-state index contributed by atoms with van der Waals surface area (Å²) in [4.78, 5) is 2.52. The van der Waals surface area contributed by atoms with E-state index >= 15 is 0 Å². The average molecular weight is 343 g/mol. The SMILES string of the molecule is C[C@@H]1[C@@H](c2ccc(Cl)cc2OC2CNC2)CN1Cc1ccccc1. The molecule has 4 rings (SSSR count). The van der Waals surface area contributed by atoms with E-state index in [9.17, 15) is 0 Å². The maximum Gasteiger partial charge on any atom is 0.124 e. The molecule has 2 aliphatic heterocycles. The fraction of sp³-hybridized carbons (Fsp3) is 0.400. The first kappa shape index (κ1) is 15.9. The zero-order valence-electron chi connectivity index (χ0n) is 13.9. The maximum atomic E-state index is 6.19. The lowest BCUT2D eigenvalue weighted by atomic mass is 9.82. The molecule has 2 aliphatic rings. The molecule has 0 amide bonds. The number of rotatable bonds is 5. The highest BCUT2D eigenvalue weighted by Gasteiger charge is 2.38. The number of hydrogen-bond donors (Lipinski definition) is 1. The van der Waals surface area contributed by atoms with Gasteiger partial charge < -0.3 is 10.1 Å². The van der Waals surface area contributed by atoms with Gasteiger partial charge in [-0.15, -0.1) is 0 Å². The Balaban J connectivity index is 1.46. The number of ether oxygens (including phenoxy) is 1. The highest BCUT2D eigenvalue weighted by Crippen LogP contribution is 2.40. The number of benzene rings is 2. The van der Waals surface area contributed by atoms with E-state index in [1.165, 1.54) is 11.1 Å². The van der Waals surface area contributed by atoms with Crippen molar-refractivity contribution in [3.63, 3.8) is 0 Å². The predicted octanol–water partition coefficient (Wildman–Crippen LogP) is 3.68. The molecule has 2 atom stereocenters. The molecule has 126 valence electrons. The van der Waals surface area contributed by atoms with Crippen LogP contribution in [0.2, 0.25) is 5.02 Å². The summed E-state index contributed by atoms with van der Waals surface area (Å²) in [5.41, 5.74) is 2.67. The first-order valence-electron chi connectivity index (χ1n) is 8.65. The summed E-state index contributed by atoms with van der Waals surface area (Å²) in [6, 6.07) is 17.3. The number of nitrogens with zero attached hydrogens (tertiary/aromatic N) is 1. The molecule has 0 aromatic heterocycles. The minimum atomic E-state index is 0.276. The Morgan fingerprint density at radius 1 is 1.17 bits per heavy atom. The van der Waals surface area contributed by atoms with E-state index in [1.807, 2.05) is 12.1 Å². The van der Waals surface area contributed by atoms with Crippen molar-refractivity contribution in [3.05, 3.63) is 64.7 Å². The molecule has 2 heterocycles. The lowest BCUT2D eigenvalue weighted by Gasteiger charge is -2.47. The van der Waals surface area contributed by atoms with Gasteiger partial charge in [-0.1, -0.05) is 48.0 Å². The van der Waals surface area contributed by atoms with Gasteiger partial charge in [-0.25, -0.2) is 0 Å². The molecule has 4 heteroatoms. The highest BCUT2D eigenvalue weighted by atomic mass is 35.5. The zero-order chi connectivity index (χ0) is 16.5. The summed E-state index contributed by atoms with van der Waals surface area (Å²) in [5, 5.41) is 3.99. The monoisotopic (exact) mass is 342 g/mol. The van der Waals surface area contributed by atoms with E-state index in [-0.39, 0.29) is 6.10 Å². The van der Waals surface area contributed by atoms with Crippen molar-refractivity contribution in [2.45, 2.75) is 31.5 Å². The van der Waals surface area contributed by atoms with Gasteiger partial charge in [0.1, 0.15) is 11.9 Å². The van der Waals surface area contributed by atoms with E-state index in [4.69, 9.17) is 16.3 Å². The maximum absolute atomic E-state index is 6.19. The van der Waals surface area contributed by atoms with Gasteiger partial charge in [-0.05, 0) is 24.6 Å². The second kappa shape index (κ2) is 6.75. The lowest BCUT2D eigenvalue weighted by Crippen LogP contribution is -2.53. The molecule has 2 fully saturated rings. The van der Waals surface area contributed by atoms with E-state index in [1.54, 1.807) is 0 Å². The molecule has 2 aromatic rings. The molecule has 1 N–H and O–H groups in total. The van der Waals surface area contributed by atoms with Crippen LogP contribution >= 0.6 is 11.6 Å². The highest BCUT2D eigenvalue weighted by molar-refractivity contribution is 6.30. The van der Waals surface area contributed by atoms with Crippen LogP contribution in [0, 0.1) is 0 Å². The number of likely N-dealkylation sites (tertiary alicyclic amines) is 1. The van der Waals surface area contributed by atoms with Crippen molar-refractivity contribution in [1.82, 2.24) is 10.2 Å². The van der Waals surface area contributed by atoms with Crippen LogP contribution in [0.15, 0.2) is 48.5 Å². The van der Waals surface area contributed by atoms with Gasteiger partial charge in [0, 0.05) is 48.7 Å². The first-order chi connectivity index (χ1) is 11.7. The van der Waals surface area contributed by atoms with Crippen LogP contribution in [0.3, 0.4) is 0 Å². The third kappa shape index (κ3) is 3.16. The molecule has 0 spiro atoms. The topological polar surface area (TPSA) is 24.5 Å². The minimum absolute atomic E-state index is 0.276. The van der Waals surface area contributed by atoms with Gasteiger partial charge in [0.2, 0.25) is 0 Å². The van der Waals surface area contributed by atoms with Gasteiger partial charge in [0.05, 0.1) is 0 Å². The molecule has 0 bridgehead atoms. The molecule has 0 radical (unpaired) electrons. The lowest BCUT2D eigenvalue weighted by molar-refractivity contribution is 0.0602. The molecule has 0 unspecified atom stereocenters. The van der Waals surface area contributed by atoms with Crippen LogP contribution in [0.5, 0.6) is 5.75 Å². The van der Waals surface area contributed by atoms with Crippen LogP contribution < -0.4 is 10.1 Å². The summed E-state index contributed by atoms with van der Waals surface area (Å²) >= 11 is 6.19. The fourth-order valence-corrected chi connectivity index (χ4v) is 3.68. The Kier molecular flexibility index (Phi) is 4.49. The van der Waals surface area contributed by atoms with Crippen molar-refractivity contribution in [2.75, 3.05) is 19.6 Å². The van der Waals surface area contributed by atoms with Gasteiger partial charge in [0.15, 0.2) is 0 Å². The first-order valence-corrected chi connectivity index (χ1v) is 9.03. The molecular formula is C20H23ClN2O. The molecule has 0 saturated carbocycles. The van der Waals surface area contributed by atoms with E-state index < -0.39 is 0 Å². The third-order valence-corrected chi connectivity index (χ3v) is 5.47. The zero-order valence-corrected chi connectivity index (χ0v) is 14.7. The Bertz CT molecular complexity index is 702. The number of nitrogens with one attached hydrogen (secondary N) is 1. The van der Waals surface area contributed by atoms with Crippen LogP contribution in [0.25, 0.3) is 0 Å². The minimum Gasteiger partial charge on any atom is -0.487 e. The Morgan fingerprint density at radius 3 is 2.62 bits per heavy atom. The van der Waals surface area contributed by atoms with E-state index in [0.717, 1.165) is 37.0 Å². The van der Waals surface area contributed by atoms with Crippen LogP contribution in [-0.4, -0.2) is 36.7 Å². The Hall–Kier alpha value is -1.55. The van der Waals surface area contributed by atoms with Gasteiger partial charge >= 0.3 is 0 Å². The molecular weight excluding hydrogens is 320 g/mol. The van der Waals surface area contributed by atoms with Crippen LogP contribution in [0.1, 0.15) is 24.0 Å². The smallest absolute Gasteiger partial charge is 0.124 e. The third-order valence-electron chi connectivity index (χ3n) is 5.23. The van der Waals surface area contributed by atoms with Crippen LogP contribution in [0.4, 0.5) is 0 Å². The van der Waals surface area contributed by atoms with Gasteiger partial charge in [-0.2, -0.15) is 0 Å². The van der Waals surface area contributed by atoms with E-state index in [0.29, 0.717) is 12.0 Å². The molecule has 3 nitrogen and oxygen atoms in total. The molecule has 24 heavy (non-hydrogen) atoms. The van der Waals surface area contributed by atoms with Gasteiger partial charge in [0.25, 0.3) is 0 Å². The summed E-state index contributed by atoms with van der Waals surface area (Å²) in [6.07, 6.45) is 0.276. The quantitative estimate of drug-likeness (QED) is 0.897. The fourth-order valence-electron chi connectivity index (χ4n) is 3.51. The summed E-state index contributed by atoms with van der Waals surface area (Å²) < 4.78 is 6.16. The van der Waals surface area contributed by atoms with Gasteiger partial charge in [-0.3, -0.25) is 4.90 Å².